The highest BCUT2D eigenvalue weighted by Gasteiger charge is 2.32. The molecule has 0 saturated carbocycles. The Morgan fingerprint density at radius 2 is 2.29 bits per heavy atom. The SMILES string of the molecule is CC1(C)CCCN1c1ccnc(N)n1. The Bertz CT molecular complexity index is 335. The van der Waals surface area contributed by atoms with Crippen molar-refractivity contribution >= 4 is 11.8 Å². The molecule has 14 heavy (non-hydrogen) atoms. The average Bonchev–Trinajstić information content (AvgIpc) is 2.45. The molecule has 76 valence electrons. The Kier molecular flexibility index (Phi) is 2.06. The number of nitrogens with two attached hydrogens (primary N) is 1. The average molecular weight is 192 g/mol. The molecule has 0 unspecified atom stereocenters. The van der Waals surface area contributed by atoms with Crippen LogP contribution >= 0.6 is 0 Å². The third-order valence-corrected chi connectivity index (χ3v) is 2.84. The summed E-state index contributed by atoms with van der Waals surface area (Å²) in [5.74, 6) is 1.30. The highest BCUT2D eigenvalue weighted by Crippen LogP contribution is 2.32. The molecule has 0 amide bonds. The molecule has 0 atom stereocenters. The lowest BCUT2D eigenvalue weighted by molar-refractivity contribution is 0.514. The van der Waals surface area contributed by atoms with E-state index in [0.717, 1.165) is 12.4 Å². The van der Waals surface area contributed by atoms with E-state index < -0.39 is 0 Å². The quantitative estimate of drug-likeness (QED) is 0.731. The van der Waals surface area contributed by atoms with Crippen LogP contribution in [0.5, 0.6) is 0 Å². The summed E-state index contributed by atoms with van der Waals surface area (Å²) in [4.78, 5) is 10.4. The molecule has 1 aromatic heterocycles. The number of aromatic nitrogens is 2. The van der Waals surface area contributed by atoms with Crippen molar-refractivity contribution in [2.75, 3.05) is 17.2 Å². The predicted molar refractivity (Wildman–Crippen MR) is 57.1 cm³/mol. The largest absolute Gasteiger partial charge is 0.368 e. The van der Waals surface area contributed by atoms with Crippen LogP contribution in [0.25, 0.3) is 0 Å². The molecule has 4 heteroatoms. The van der Waals surface area contributed by atoms with E-state index in [9.17, 15) is 0 Å². The summed E-state index contributed by atoms with van der Waals surface area (Å²) in [5, 5.41) is 0. The maximum atomic E-state index is 5.57. The first-order valence-electron chi connectivity index (χ1n) is 4.96. The van der Waals surface area contributed by atoms with E-state index in [1.54, 1.807) is 6.20 Å². The third-order valence-electron chi connectivity index (χ3n) is 2.84. The number of hydrogen-bond donors (Lipinski definition) is 1. The Morgan fingerprint density at radius 1 is 1.50 bits per heavy atom. The van der Waals surface area contributed by atoms with Gasteiger partial charge in [0.1, 0.15) is 5.82 Å². The zero-order valence-corrected chi connectivity index (χ0v) is 8.70. The first-order chi connectivity index (χ1) is 6.59. The fraction of sp³-hybridized carbons (Fsp3) is 0.600. The summed E-state index contributed by atoms with van der Waals surface area (Å²) in [5.41, 5.74) is 5.76. The molecule has 0 aromatic carbocycles. The Hall–Kier alpha value is -1.32. The number of rotatable bonds is 1. The lowest BCUT2D eigenvalue weighted by atomic mass is 10.0. The van der Waals surface area contributed by atoms with Crippen molar-refractivity contribution in [2.24, 2.45) is 0 Å². The Morgan fingerprint density at radius 3 is 2.86 bits per heavy atom. The van der Waals surface area contributed by atoms with Crippen LogP contribution in [0.3, 0.4) is 0 Å². The second-order valence-electron chi connectivity index (χ2n) is 4.34. The fourth-order valence-corrected chi connectivity index (χ4v) is 2.05. The minimum atomic E-state index is 0.195. The van der Waals surface area contributed by atoms with Gasteiger partial charge in [0, 0.05) is 18.3 Å². The van der Waals surface area contributed by atoms with Gasteiger partial charge in [0.15, 0.2) is 0 Å². The molecule has 0 spiro atoms. The monoisotopic (exact) mass is 192 g/mol. The van der Waals surface area contributed by atoms with E-state index in [0.29, 0.717) is 5.95 Å². The summed E-state index contributed by atoms with van der Waals surface area (Å²) in [7, 11) is 0. The van der Waals surface area contributed by atoms with E-state index >= 15 is 0 Å². The van der Waals surface area contributed by atoms with E-state index in [4.69, 9.17) is 5.73 Å². The van der Waals surface area contributed by atoms with E-state index in [-0.39, 0.29) is 5.54 Å². The molecule has 2 heterocycles. The molecular formula is C10H16N4. The van der Waals surface area contributed by atoms with E-state index in [2.05, 4.69) is 28.7 Å². The molecular weight excluding hydrogens is 176 g/mol. The molecule has 0 radical (unpaired) electrons. The molecule has 1 aromatic rings. The van der Waals surface area contributed by atoms with Gasteiger partial charge in [-0.2, -0.15) is 4.98 Å². The zero-order valence-electron chi connectivity index (χ0n) is 8.70. The first kappa shape index (κ1) is 9.24. The fourth-order valence-electron chi connectivity index (χ4n) is 2.05. The van der Waals surface area contributed by atoms with Gasteiger partial charge in [0.2, 0.25) is 5.95 Å². The van der Waals surface area contributed by atoms with Crippen LogP contribution in [0.15, 0.2) is 12.3 Å². The van der Waals surface area contributed by atoms with Crippen molar-refractivity contribution in [3.63, 3.8) is 0 Å². The van der Waals surface area contributed by atoms with Crippen molar-refractivity contribution in [1.29, 1.82) is 0 Å². The molecule has 1 saturated heterocycles. The van der Waals surface area contributed by atoms with Crippen molar-refractivity contribution < 1.29 is 0 Å². The molecule has 1 aliphatic rings. The van der Waals surface area contributed by atoms with Crippen molar-refractivity contribution in [3.05, 3.63) is 12.3 Å². The molecule has 1 fully saturated rings. The van der Waals surface area contributed by atoms with Crippen LogP contribution in [-0.2, 0) is 0 Å². The summed E-state index contributed by atoms with van der Waals surface area (Å²) in [6, 6.07) is 1.92. The van der Waals surface area contributed by atoms with Crippen LogP contribution in [0.1, 0.15) is 26.7 Å². The summed E-state index contributed by atoms with van der Waals surface area (Å²) < 4.78 is 0. The normalized spacial score (nSPS) is 20.0. The topological polar surface area (TPSA) is 55.0 Å². The molecule has 2 N–H and O–H groups in total. The highest BCUT2D eigenvalue weighted by molar-refractivity contribution is 5.44. The minimum Gasteiger partial charge on any atom is -0.368 e. The molecule has 0 bridgehead atoms. The maximum absolute atomic E-state index is 5.57. The van der Waals surface area contributed by atoms with Crippen LogP contribution in [0.2, 0.25) is 0 Å². The van der Waals surface area contributed by atoms with Gasteiger partial charge < -0.3 is 10.6 Å². The smallest absolute Gasteiger partial charge is 0.221 e. The minimum absolute atomic E-state index is 0.195. The van der Waals surface area contributed by atoms with Gasteiger partial charge >= 0.3 is 0 Å². The van der Waals surface area contributed by atoms with Crippen molar-refractivity contribution in [1.82, 2.24) is 9.97 Å². The Balaban J connectivity index is 2.31. The van der Waals surface area contributed by atoms with E-state index in [1.807, 2.05) is 6.07 Å². The van der Waals surface area contributed by atoms with Gasteiger partial charge in [-0.1, -0.05) is 0 Å². The highest BCUT2D eigenvalue weighted by atomic mass is 15.3. The number of anilines is 2. The van der Waals surface area contributed by atoms with Gasteiger partial charge in [-0.15, -0.1) is 0 Å². The van der Waals surface area contributed by atoms with Gasteiger partial charge in [-0.05, 0) is 32.8 Å². The third kappa shape index (κ3) is 1.52. The second kappa shape index (κ2) is 3.12. The summed E-state index contributed by atoms with van der Waals surface area (Å²) in [6.07, 6.45) is 4.14. The molecule has 4 nitrogen and oxygen atoms in total. The van der Waals surface area contributed by atoms with Crippen molar-refractivity contribution in [2.45, 2.75) is 32.2 Å². The standard InChI is InChI=1S/C10H16N4/c1-10(2)5-3-7-14(10)8-4-6-12-9(11)13-8/h4,6H,3,5,7H2,1-2H3,(H2,11,12,13). The van der Waals surface area contributed by atoms with Crippen molar-refractivity contribution in [3.8, 4) is 0 Å². The second-order valence-corrected chi connectivity index (χ2v) is 4.34. The number of nitrogens with zero attached hydrogens (tertiary/aromatic N) is 3. The lowest BCUT2D eigenvalue weighted by Gasteiger charge is -2.32. The van der Waals surface area contributed by atoms with Crippen LogP contribution < -0.4 is 10.6 Å². The van der Waals surface area contributed by atoms with Gasteiger partial charge in [-0.3, -0.25) is 0 Å². The zero-order chi connectivity index (χ0) is 10.2. The van der Waals surface area contributed by atoms with Gasteiger partial charge in [-0.25, -0.2) is 4.98 Å². The Labute approximate surface area is 84.2 Å². The predicted octanol–water partition coefficient (Wildman–Crippen LogP) is 1.44. The van der Waals surface area contributed by atoms with Gasteiger partial charge in [0.05, 0.1) is 0 Å². The molecule has 2 rings (SSSR count). The van der Waals surface area contributed by atoms with Crippen LogP contribution in [-0.4, -0.2) is 22.1 Å². The first-order valence-corrected chi connectivity index (χ1v) is 4.96. The van der Waals surface area contributed by atoms with Gasteiger partial charge in [0.25, 0.3) is 0 Å². The molecule has 0 aliphatic carbocycles. The lowest BCUT2D eigenvalue weighted by Crippen LogP contribution is -2.38. The summed E-state index contributed by atoms with van der Waals surface area (Å²) >= 11 is 0. The number of hydrogen-bond acceptors (Lipinski definition) is 4. The van der Waals surface area contributed by atoms with Crippen LogP contribution in [0, 0.1) is 0 Å². The summed E-state index contributed by atoms with van der Waals surface area (Å²) in [6.45, 7) is 5.53. The van der Waals surface area contributed by atoms with Crippen LogP contribution in [0.4, 0.5) is 11.8 Å². The van der Waals surface area contributed by atoms with E-state index in [1.165, 1.54) is 12.8 Å². The maximum Gasteiger partial charge on any atom is 0.221 e. The number of nitrogen functional groups attached to an aromatic ring is 1. The molecule has 1 aliphatic heterocycles.